The molecule has 0 fully saturated rings. The van der Waals surface area contributed by atoms with E-state index in [2.05, 4.69) is 28.2 Å². The number of fused-ring (bicyclic) bond motifs is 1. The van der Waals surface area contributed by atoms with E-state index in [1.807, 2.05) is 19.3 Å². The molecule has 16 heavy (non-hydrogen) atoms. The molecule has 1 aliphatic carbocycles. The first-order chi connectivity index (χ1) is 7.83. The van der Waals surface area contributed by atoms with Crippen LogP contribution in [-0.2, 0) is 12.8 Å². The van der Waals surface area contributed by atoms with Crippen LogP contribution in [0.2, 0.25) is 0 Å². The van der Waals surface area contributed by atoms with Crippen LogP contribution in [0.15, 0.2) is 30.6 Å². The van der Waals surface area contributed by atoms with Crippen LogP contribution in [0.1, 0.15) is 23.1 Å². The molecule has 0 unspecified atom stereocenters. The number of nitrogens with zero attached hydrogens (tertiary/aromatic N) is 2. The van der Waals surface area contributed by atoms with E-state index in [0.717, 1.165) is 17.0 Å². The van der Waals surface area contributed by atoms with Gasteiger partial charge in [0.25, 0.3) is 0 Å². The molecule has 1 aliphatic rings. The molecule has 0 saturated carbocycles. The topological polar surface area (TPSA) is 25.8 Å². The summed E-state index contributed by atoms with van der Waals surface area (Å²) in [4.78, 5) is 8.73. The molecule has 2 aromatic rings. The largest absolute Gasteiger partial charge is 0.236 e. The molecule has 0 N–H and O–H groups in total. The van der Waals surface area contributed by atoms with Gasteiger partial charge in [-0.2, -0.15) is 0 Å². The minimum atomic E-state index is 0.834. The van der Waals surface area contributed by atoms with Crippen molar-refractivity contribution in [2.75, 3.05) is 0 Å². The summed E-state index contributed by atoms with van der Waals surface area (Å²) in [7, 11) is 0. The van der Waals surface area contributed by atoms with Gasteiger partial charge < -0.3 is 0 Å². The maximum absolute atomic E-state index is 4.36. The average Bonchev–Trinajstić information content (AvgIpc) is 2.77. The maximum Gasteiger partial charge on any atom is 0.159 e. The first-order valence-electron chi connectivity index (χ1n) is 5.74. The Hall–Kier alpha value is -1.70. The second-order valence-electron chi connectivity index (χ2n) is 4.42. The summed E-state index contributed by atoms with van der Waals surface area (Å²) in [6.45, 7) is 2.01. The van der Waals surface area contributed by atoms with Crippen molar-refractivity contribution in [2.45, 2.75) is 26.2 Å². The van der Waals surface area contributed by atoms with Crippen molar-refractivity contribution in [3.05, 3.63) is 47.3 Å². The highest BCUT2D eigenvalue weighted by molar-refractivity contribution is 5.57. The predicted molar refractivity (Wildman–Crippen MR) is 64.2 cm³/mol. The van der Waals surface area contributed by atoms with Gasteiger partial charge in [0.15, 0.2) is 5.82 Å². The quantitative estimate of drug-likeness (QED) is 0.723. The molecule has 1 heterocycles. The predicted octanol–water partition coefficient (Wildman–Crippen LogP) is 2.94. The molecule has 0 radical (unpaired) electrons. The van der Waals surface area contributed by atoms with E-state index < -0.39 is 0 Å². The monoisotopic (exact) mass is 210 g/mol. The molecule has 0 bridgehead atoms. The van der Waals surface area contributed by atoms with Crippen molar-refractivity contribution < 1.29 is 0 Å². The summed E-state index contributed by atoms with van der Waals surface area (Å²) in [5, 5.41) is 0. The van der Waals surface area contributed by atoms with Crippen molar-refractivity contribution in [1.82, 2.24) is 9.97 Å². The van der Waals surface area contributed by atoms with Gasteiger partial charge >= 0.3 is 0 Å². The Morgan fingerprint density at radius 1 is 1.00 bits per heavy atom. The second-order valence-corrected chi connectivity index (χ2v) is 4.42. The Morgan fingerprint density at radius 3 is 2.56 bits per heavy atom. The van der Waals surface area contributed by atoms with Crippen LogP contribution < -0.4 is 0 Å². The van der Waals surface area contributed by atoms with Crippen LogP contribution in [0.25, 0.3) is 11.4 Å². The summed E-state index contributed by atoms with van der Waals surface area (Å²) in [5.74, 6) is 0.834. The number of aromatic nitrogens is 2. The second kappa shape index (κ2) is 3.71. The van der Waals surface area contributed by atoms with Gasteiger partial charge in [0.2, 0.25) is 0 Å². The van der Waals surface area contributed by atoms with Gasteiger partial charge in [-0.25, -0.2) is 9.97 Å². The molecule has 0 aliphatic heterocycles. The van der Waals surface area contributed by atoms with Gasteiger partial charge in [-0.15, -0.1) is 0 Å². The third kappa shape index (κ3) is 1.60. The highest BCUT2D eigenvalue weighted by Gasteiger charge is 2.11. The van der Waals surface area contributed by atoms with Crippen LogP contribution in [0.4, 0.5) is 0 Å². The molecule has 2 nitrogen and oxygen atoms in total. The van der Waals surface area contributed by atoms with Crippen molar-refractivity contribution in [3.63, 3.8) is 0 Å². The van der Waals surface area contributed by atoms with E-state index >= 15 is 0 Å². The van der Waals surface area contributed by atoms with Gasteiger partial charge in [0, 0.05) is 18.0 Å². The number of benzene rings is 1. The maximum atomic E-state index is 4.36. The summed E-state index contributed by atoms with van der Waals surface area (Å²) in [6, 6.07) is 6.60. The lowest BCUT2D eigenvalue weighted by Crippen LogP contribution is -1.91. The lowest BCUT2D eigenvalue weighted by Gasteiger charge is -2.03. The molecule has 1 aromatic carbocycles. The van der Waals surface area contributed by atoms with E-state index in [0.29, 0.717) is 0 Å². The number of hydrogen-bond donors (Lipinski definition) is 0. The summed E-state index contributed by atoms with van der Waals surface area (Å²) < 4.78 is 0. The Bertz CT molecular complexity index is 515. The first kappa shape index (κ1) is 9.52. The van der Waals surface area contributed by atoms with E-state index in [4.69, 9.17) is 0 Å². The molecule has 0 amide bonds. The highest BCUT2D eigenvalue weighted by Crippen LogP contribution is 2.26. The zero-order valence-electron chi connectivity index (χ0n) is 9.40. The molecule has 0 saturated heterocycles. The van der Waals surface area contributed by atoms with Gasteiger partial charge in [0.1, 0.15) is 0 Å². The van der Waals surface area contributed by atoms with E-state index in [1.165, 1.54) is 30.4 Å². The summed E-state index contributed by atoms with van der Waals surface area (Å²) >= 11 is 0. The van der Waals surface area contributed by atoms with Crippen molar-refractivity contribution in [1.29, 1.82) is 0 Å². The van der Waals surface area contributed by atoms with Gasteiger partial charge in [-0.3, -0.25) is 0 Å². The smallest absolute Gasteiger partial charge is 0.159 e. The number of hydrogen-bond acceptors (Lipinski definition) is 2. The van der Waals surface area contributed by atoms with Crippen LogP contribution >= 0.6 is 0 Å². The van der Waals surface area contributed by atoms with E-state index in [1.54, 1.807) is 0 Å². The minimum absolute atomic E-state index is 0.834. The average molecular weight is 210 g/mol. The van der Waals surface area contributed by atoms with Crippen molar-refractivity contribution >= 4 is 0 Å². The van der Waals surface area contributed by atoms with Crippen LogP contribution in [0.3, 0.4) is 0 Å². The zero-order chi connectivity index (χ0) is 11.0. The Balaban J connectivity index is 2.03. The number of aryl methyl sites for hydroxylation is 3. The SMILES string of the molecule is Cc1cnc(-c2ccc3c(c2)CCC3)nc1. The lowest BCUT2D eigenvalue weighted by atomic mass is 10.1. The Labute approximate surface area is 95.4 Å². The van der Waals surface area contributed by atoms with Crippen LogP contribution in [-0.4, -0.2) is 9.97 Å². The van der Waals surface area contributed by atoms with Crippen LogP contribution in [0.5, 0.6) is 0 Å². The molecular formula is C14H14N2. The lowest BCUT2D eigenvalue weighted by molar-refractivity contribution is 0.912. The van der Waals surface area contributed by atoms with E-state index in [-0.39, 0.29) is 0 Å². The molecule has 0 atom stereocenters. The molecule has 1 aromatic heterocycles. The molecule has 80 valence electrons. The molecular weight excluding hydrogens is 196 g/mol. The third-order valence-corrected chi connectivity index (χ3v) is 3.14. The summed E-state index contributed by atoms with van der Waals surface area (Å²) in [6.07, 6.45) is 7.46. The van der Waals surface area contributed by atoms with Crippen molar-refractivity contribution in [2.24, 2.45) is 0 Å². The van der Waals surface area contributed by atoms with Gasteiger partial charge in [-0.1, -0.05) is 12.1 Å². The fourth-order valence-electron chi connectivity index (χ4n) is 2.25. The molecule has 2 heteroatoms. The highest BCUT2D eigenvalue weighted by atomic mass is 14.9. The van der Waals surface area contributed by atoms with E-state index in [9.17, 15) is 0 Å². The third-order valence-electron chi connectivity index (χ3n) is 3.14. The normalized spacial score (nSPS) is 13.8. The zero-order valence-corrected chi connectivity index (χ0v) is 9.40. The Kier molecular flexibility index (Phi) is 2.21. The fourth-order valence-corrected chi connectivity index (χ4v) is 2.25. The van der Waals surface area contributed by atoms with Gasteiger partial charge in [-0.05, 0) is 48.9 Å². The van der Waals surface area contributed by atoms with Crippen molar-refractivity contribution in [3.8, 4) is 11.4 Å². The first-order valence-corrected chi connectivity index (χ1v) is 5.74. The fraction of sp³-hybridized carbons (Fsp3) is 0.286. The van der Waals surface area contributed by atoms with Crippen LogP contribution in [0, 0.1) is 6.92 Å². The number of rotatable bonds is 1. The minimum Gasteiger partial charge on any atom is -0.236 e. The summed E-state index contributed by atoms with van der Waals surface area (Å²) in [5.41, 5.74) is 5.21. The standard InChI is InChI=1S/C14H14N2/c1-10-8-15-14(16-9-10)13-6-5-11-3-2-4-12(11)7-13/h5-9H,2-4H2,1H3. The Morgan fingerprint density at radius 2 is 1.75 bits per heavy atom. The molecule has 3 rings (SSSR count). The van der Waals surface area contributed by atoms with Gasteiger partial charge in [0.05, 0.1) is 0 Å². The molecule has 0 spiro atoms.